The Labute approximate surface area is 102 Å². The number of carbonyl (C=O) groups is 4. The van der Waals surface area contributed by atoms with E-state index >= 15 is 0 Å². The lowest BCUT2D eigenvalue weighted by molar-refractivity contribution is -0.179. The molecule has 0 bridgehead atoms. The molecule has 0 aliphatic carbocycles. The fourth-order valence-electron chi connectivity index (χ4n) is 2.41. The van der Waals surface area contributed by atoms with Crippen LogP contribution in [0.3, 0.4) is 0 Å². The minimum absolute atomic E-state index is 0.114. The number of nitrogens with zero attached hydrogens (tertiary/aromatic N) is 1. The van der Waals surface area contributed by atoms with Crippen LogP contribution in [-0.2, 0) is 28.7 Å². The van der Waals surface area contributed by atoms with Crippen LogP contribution in [-0.4, -0.2) is 54.8 Å². The fraction of sp³-hybridized carbons (Fsp3) is 0.455. The van der Waals surface area contributed by atoms with Gasteiger partial charge < -0.3 is 14.4 Å². The van der Waals surface area contributed by atoms with Crippen molar-refractivity contribution in [1.82, 2.24) is 4.90 Å². The van der Waals surface area contributed by atoms with Crippen molar-refractivity contribution in [2.24, 2.45) is 0 Å². The maximum absolute atomic E-state index is 11.9. The van der Waals surface area contributed by atoms with Crippen LogP contribution in [0, 0.1) is 0 Å². The highest BCUT2D eigenvalue weighted by Gasteiger charge is 2.66. The van der Waals surface area contributed by atoms with E-state index < -0.39 is 29.4 Å². The van der Waals surface area contributed by atoms with Crippen molar-refractivity contribution < 1.29 is 28.7 Å². The van der Waals surface area contributed by atoms with E-state index in [1.165, 1.54) is 6.08 Å². The maximum atomic E-state index is 11.9. The van der Waals surface area contributed by atoms with E-state index in [1.807, 2.05) is 0 Å². The SMILES string of the molecule is COC(=O)C1(C(=O)OC)C(C=O)=C[C@H]2CC(=O)N21. The molecule has 1 fully saturated rings. The molecule has 18 heavy (non-hydrogen) atoms. The molecular weight excluding hydrogens is 242 g/mol. The molecule has 1 atom stereocenters. The highest BCUT2D eigenvalue weighted by molar-refractivity contribution is 6.18. The second-order valence-electron chi connectivity index (χ2n) is 3.97. The Bertz CT molecular complexity index is 464. The molecule has 7 heteroatoms. The summed E-state index contributed by atoms with van der Waals surface area (Å²) < 4.78 is 9.12. The Balaban J connectivity index is 2.59. The molecule has 2 aliphatic heterocycles. The third-order valence-corrected chi connectivity index (χ3v) is 3.22. The van der Waals surface area contributed by atoms with Crippen LogP contribution in [0.1, 0.15) is 6.42 Å². The molecular formula is C11H11NO6. The Morgan fingerprint density at radius 1 is 1.39 bits per heavy atom. The van der Waals surface area contributed by atoms with E-state index in [9.17, 15) is 19.2 Å². The Kier molecular flexibility index (Phi) is 2.68. The predicted molar refractivity (Wildman–Crippen MR) is 56.2 cm³/mol. The van der Waals surface area contributed by atoms with Gasteiger partial charge >= 0.3 is 11.9 Å². The van der Waals surface area contributed by atoms with Crippen LogP contribution < -0.4 is 0 Å². The summed E-state index contributed by atoms with van der Waals surface area (Å²) in [7, 11) is 2.15. The third-order valence-electron chi connectivity index (χ3n) is 3.22. The van der Waals surface area contributed by atoms with Crippen LogP contribution >= 0.6 is 0 Å². The van der Waals surface area contributed by atoms with Gasteiger partial charge in [0.15, 0.2) is 0 Å². The zero-order valence-corrected chi connectivity index (χ0v) is 9.84. The molecule has 0 aromatic carbocycles. The number of esters is 2. The van der Waals surface area contributed by atoms with Crippen molar-refractivity contribution in [1.29, 1.82) is 0 Å². The van der Waals surface area contributed by atoms with Crippen molar-refractivity contribution >= 4 is 24.1 Å². The summed E-state index contributed by atoms with van der Waals surface area (Å²) in [5, 5.41) is 0. The maximum Gasteiger partial charge on any atom is 0.348 e. The summed E-state index contributed by atoms with van der Waals surface area (Å²) in [4.78, 5) is 47.5. The molecule has 0 N–H and O–H groups in total. The first kappa shape index (κ1) is 12.3. The van der Waals surface area contributed by atoms with Gasteiger partial charge in [0.1, 0.15) is 6.29 Å². The Hall–Kier alpha value is -2.18. The van der Waals surface area contributed by atoms with Crippen LogP contribution in [0.15, 0.2) is 11.6 Å². The molecule has 1 amide bonds. The van der Waals surface area contributed by atoms with Gasteiger partial charge in [-0.25, -0.2) is 9.59 Å². The largest absolute Gasteiger partial charge is 0.467 e. The number of hydrogen-bond donors (Lipinski definition) is 0. The van der Waals surface area contributed by atoms with E-state index in [0.717, 1.165) is 19.1 Å². The Morgan fingerprint density at radius 3 is 2.33 bits per heavy atom. The molecule has 7 nitrogen and oxygen atoms in total. The Morgan fingerprint density at radius 2 is 1.94 bits per heavy atom. The standard InChI is InChI=1S/C11H11NO6/c1-17-9(15)11(10(16)18-2)6(5-13)3-7-4-8(14)12(7)11/h3,5,7H,4H2,1-2H3/t7-/m0/s1. The molecule has 0 aromatic heterocycles. The van der Waals surface area contributed by atoms with Gasteiger partial charge in [-0.2, -0.15) is 0 Å². The number of fused-ring (bicyclic) bond motifs is 1. The summed E-state index contributed by atoms with van der Waals surface area (Å²) >= 11 is 0. The number of ether oxygens (including phenoxy) is 2. The van der Waals surface area contributed by atoms with Gasteiger partial charge in [-0.15, -0.1) is 0 Å². The summed E-state index contributed by atoms with van der Waals surface area (Å²) in [6.45, 7) is 0. The zero-order valence-electron chi connectivity index (χ0n) is 9.84. The smallest absolute Gasteiger partial charge is 0.348 e. The minimum Gasteiger partial charge on any atom is -0.467 e. The summed E-state index contributed by atoms with van der Waals surface area (Å²) in [6.07, 6.45) is 1.95. The van der Waals surface area contributed by atoms with E-state index in [2.05, 4.69) is 9.47 Å². The van der Waals surface area contributed by atoms with E-state index in [1.54, 1.807) is 0 Å². The van der Waals surface area contributed by atoms with Crippen LogP contribution in [0.5, 0.6) is 0 Å². The first-order chi connectivity index (χ1) is 8.53. The summed E-state index contributed by atoms with van der Waals surface area (Å²) in [5.74, 6) is -2.39. The number of hydrogen-bond acceptors (Lipinski definition) is 6. The monoisotopic (exact) mass is 253 g/mol. The third kappa shape index (κ3) is 1.18. The number of rotatable bonds is 3. The normalized spacial score (nSPS) is 23.7. The van der Waals surface area contributed by atoms with Gasteiger partial charge in [0.25, 0.3) is 5.54 Å². The highest BCUT2D eigenvalue weighted by Crippen LogP contribution is 2.42. The molecule has 96 valence electrons. The first-order valence-corrected chi connectivity index (χ1v) is 5.20. The lowest BCUT2D eigenvalue weighted by Crippen LogP contribution is -2.68. The molecule has 2 aliphatic rings. The second kappa shape index (κ2) is 3.94. The van der Waals surface area contributed by atoms with E-state index in [4.69, 9.17) is 0 Å². The number of aldehydes is 1. The van der Waals surface area contributed by atoms with Crippen LogP contribution in [0.4, 0.5) is 0 Å². The molecule has 1 saturated heterocycles. The lowest BCUT2D eigenvalue weighted by atomic mass is 9.89. The molecule has 0 radical (unpaired) electrons. The average molecular weight is 253 g/mol. The van der Waals surface area contributed by atoms with E-state index in [0.29, 0.717) is 6.29 Å². The molecule has 0 aromatic rings. The quantitative estimate of drug-likeness (QED) is 0.272. The van der Waals surface area contributed by atoms with Gasteiger partial charge in [-0.05, 0) is 0 Å². The molecule has 0 spiro atoms. The van der Waals surface area contributed by atoms with Crippen LogP contribution in [0.25, 0.3) is 0 Å². The van der Waals surface area contributed by atoms with Gasteiger partial charge in [0, 0.05) is 5.57 Å². The minimum atomic E-state index is -2.08. The number of β-lactam (4-membered cyclic amide) rings is 1. The van der Waals surface area contributed by atoms with Gasteiger partial charge in [0.2, 0.25) is 5.91 Å². The van der Waals surface area contributed by atoms with E-state index in [-0.39, 0.29) is 12.0 Å². The number of carbonyl (C=O) groups excluding carboxylic acids is 4. The molecule has 2 heterocycles. The molecule has 0 unspecified atom stereocenters. The van der Waals surface area contributed by atoms with Crippen molar-refractivity contribution in [2.75, 3.05) is 14.2 Å². The zero-order chi connectivity index (χ0) is 13.5. The number of amides is 1. The van der Waals surface area contributed by atoms with Gasteiger partial charge in [-0.1, -0.05) is 6.08 Å². The summed E-state index contributed by atoms with van der Waals surface area (Å²) in [6, 6.07) is -0.434. The van der Waals surface area contributed by atoms with Crippen molar-refractivity contribution in [2.45, 2.75) is 18.0 Å². The topological polar surface area (TPSA) is 90.0 Å². The fourth-order valence-corrected chi connectivity index (χ4v) is 2.41. The van der Waals surface area contributed by atoms with Crippen LogP contribution in [0.2, 0.25) is 0 Å². The van der Waals surface area contributed by atoms with Gasteiger partial charge in [-0.3, -0.25) is 9.59 Å². The van der Waals surface area contributed by atoms with Crippen molar-refractivity contribution in [3.63, 3.8) is 0 Å². The number of methoxy groups -OCH3 is 2. The van der Waals surface area contributed by atoms with Crippen molar-refractivity contribution in [3.05, 3.63) is 11.6 Å². The molecule has 2 rings (SSSR count). The average Bonchev–Trinajstić information content (AvgIpc) is 2.65. The summed E-state index contributed by atoms with van der Waals surface area (Å²) in [5.41, 5.74) is -2.19. The first-order valence-electron chi connectivity index (χ1n) is 5.20. The highest BCUT2D eigenvalue weighted by atomic mass is 16.5. The lowest BCUT2D eigenvalue weighted by Gasteiger charge is -2.43. The second-order valence-corrected chi connectivity index (χ2v) is 3.97. The van der Waals surface area contributed by atoms with Crippen molar-refractivity contribution in [3.8, 4) is 0 Å². The predicted octanol–water partition coefficient (Wildman–Crippen LogP) is -1.19. The van der Waals surface area contributed by atoms with Gasteiger partial charge in [0.05, 0.1) is 26.7 Å². The molecule has 0 saturated carbocycles.